The Kier molecular flexibility index (Phi) is 5.95. The van der Waals surface area contributed by atoms with Gasteiger partial charge in [-0.1, -0.05) is 13.8 Å². The number of hydrogen-bond donors (Lipinski definition) is 2. The second kappa shape index (κ2) is 7.10. The zero-order valence-corrected chi connectivity index (χ0v) is 12.8. The first-order valence-electron chi connectivity index (χ1n) is 6.41. The van der Waals surface area contributed by atoms with Crippen molar-refractivity contribution in [3.05, 3.63) is 29.6 Å². The molecule has 124 valence electrons. The molecule has 0 radical (unpaired) electrons. The molecular formula is C13H16F3NO4S. The van der Waals surface area contributed by atoms with E-state index in [1.165, 1.54) is 0 Å². The molecule has 0 aliphatic carbocycles. The van der Waals surface area contributed by atoms with E-state index in [4.69, 9.17) is 5.11 Å². The maximum Gasteiger partial charge on any atom is 0.307 e. The Labute approximate surface area is 126 Å². The average molecular weight is 339 g/mol. The number of carbonyl (C=O) groups is 1. The SMILES string of the molecule is CC(C)CC(CNS(=O)(=O)c1cc(F)c(F)c(F)c1)C(=O)O. The van der Waals surface area contributed by atoms with E-state index >= 15 is 0 Å². The first-order chi connectivity index (χ1) is 10.0. The number of nitrogens with one attached hydrogen (secondary N) is 1. The highest BCUT2D eigenvalue weighted by molar-refractivity contribution is 7.89. The Balaban J connectivity index is 2.94. The Hall–Kier alpha value is -1.61. The molecule has 1 aromatic rings. The molecule has 0 fully saturated rings. The van der Waals surface area contributed by atoms with Crippen LogP contribution in [0.25, 0.3) is 0 Å². The molecule has 0 amide bonds. The van der Waals surface area contributed by atoms with Gasteiger partial charge in [0.1, 0.15) is 0 Å². The van der Waals surface area contributed by atoms with Gasteiger partial charge in [-0.15, -0.1) is 0 Å². The van der Waals surface area contributed by atoms with E-state index in [1.807, 2.05) is 4.72 Å². The molecule has 0 saturated heterocycles. The fourth-order valence-electron chi connectivity index (χ4n) is 1.82. The van der Waals surface area contributed by atoms with Crippen molar-refractivity contribution in [2.45, 2.75) is 25.2 Å². The van der Waals surface area contributed by atoms with Gasteiger partial charge in [0.15, 0.2) is 17.5 Å². The number of carboxylic acids is 1. The van der Waals surface area contributed by atoms with E-state index in [9.17, 15) is 26.4 Å². The number of sulfonamides is 1. The Bertz CT molecular complexity index is 638. The lowest BCUT2D eigenvalue weighted by molar-refractivity contribution is -0.142. The summed E-state index contributed by atoms with van der Waals surface area (Å²) in [6, 6.07) is 0.665. The van der Waals surface area contributed by atoms with Crippen LogP contribution in [0, 0.1) is 29.3 Å². The minimum absolute atomic E-state index is 0.0197. The van der Waals surface area contributed by atoms with Gasteiger partial charge in [0, 0.05) is 6.54 Å². The van der Waals surface area contributed by atoms with E-state index in [1.54, 1.807) is 13.8 Å². The van der Waals surface area contributed by atoms with Crippen molar-refractivity contribution in [1.82, 2.24) is 4.72 Å². The summed E-state index contributed by atoms with van der Waals surface area (Å²) in [5.74, 6) is -7.21. The van der Waals surface area contributed by atoms with Gasteiger partial charge in [-0.05, 0) is 24.5 Å². The van der Waals surface area contributed by atoms with Crippen LogP contribution in [0.2, 0.25) is 0 Å². The molecule has 0 spiro atoms. The summed E-state index contributed by atoms with van der Waals surface area (Å²) in [6.07, 6.45) is 0.226. The minimum atomic E-state index is -4.35. The minimum Gasteiger partial charge on any atom is -0.481 e. The lowest BCUT2D eigenvalue weighted by Crippen LogP contribution is -2.33. The summed E-state index contributed by atoms with van der Waals surface area (Å²) >= 11 is 0. The van der Waals surface area contributed by atoms with Crippen molar-refractivity contribution in [2.24, 2.45) is 11.8 Å². The van der Waals surface area contributed by atoms with Crippen LogP contribution in [-0.4, -0.2) is 26.0 Å². The predicted octanol–water partition coefficient (Wildman–Crippen LogP) is 2.13. The summed E-state index contributed by atoms with van der Waals surface area (Å²) in [7, 11) is -4.35. The first kappa shape index (κ1) is 18.4. The van der Waals surface area contributed by atoms with Crippen molar-refractivity contribution in [3.63, 3.8) is 0 Å². The zero-order valence-electron chi connectivity index (χ0n) is 11.9. The van der Waals surface area contributed by atoms with E-state index in [-0.39, 0.29) is 12.3 Å². The molecule has 1 atom stereocenters. The van der Waals surface area contributed by atoms with Crippen molar-refractivity contribution >= 4 is 16.0 Å². The highest BCUT2D eigenvalue weighted by atomic mass is 32.2. The molecule has 0 bridgehead atoms. The summed E-state index contributed by atoms with van der Waals surface area (Å²) < 4.78 is 64.7. The van der Waals surface area contributed by atoms with Crippen LogP contribution >= 0.6 is 0 Å². The smallest absolute Gasteiger partial charge is 0.307 e. The van der Waals surface area contributed by atoms with Crippen LogP contribution in [0.15, 0.2) is 17.0 Å². The van der Waals surface area contributed by atoms with Crippen LogP contribution in [0.1, 0.15) is 20.3 Å². The first-order valence-corrected chi connectivity index (χ1v) is 7.90. The quantitative estimate of drug-likeness (QED) is 0.746. The van der Waals surface area contributed by atoms with Crippen LogP contribution in [0.3, 0.4) is 0 Å². The number of carboxylic acid groups (broad SMARTS) is 1. The monoisotopic (exact) mass is 339 g/mol. The highest BCUT2D eigenvalue weighted by Gasteiger charge is 2.24. The number of hydrogen-bond acceptors (Lipinski definition) is 3. The third-order valence-corrected chi connectivity index (χ3v) is 4.30. The third-order valence-electron chi connectivity index (χ3n) is 2.89. The van der Waals surface area contributed by atoms with Gasteiger partial charge in [0.2, 0.25) is 10.0 Å². The standard InChI is InChI=1S/C13H16F3NO4S/c1-7(2)3-8(13(18)19)6-17-22(20,21)9-4-10(14)12(16)11(15)5-9/h4-5,7-8,17H,3,6H2,1-2H3,(H,18,19). The van der Waals surface area contributed by atoms with Crippen molar-refractivity contribution in [3.8, 4) is 0 Å². The fraction of sp³-hybridized carbons (Fsp3) is 0.462. The molecule has 0 saturated carbocycles. The molecule has 0 heterocycles. The molecule has 22 heavy (non-hydrogen) atoms. The zero-order chi connectivity index (χ0) is 17.1. The van der Waals surface area contributed by atoms with Crippen molar-refractivity contribution in [1.29, 1.82) is 0 Å². The number of halogens is 3. The van der Waals surface area contributed by atoms with Gasteiger partial charge >= 0.3 is 5.97 Å². The van der Waals surface area contributed by atoms with Crippen LogP contribution in [-0.2, 0) is 14.8 Å². The molecule has 0 aliphatic rings. The maximum atomic E-state index is 13.1. The molecule has 1 aromatic carbocycles. The Morgan fingerprint density at radius 2 is 1.73 bits per heavy atom. The molecular weight excluding hydrogens is 323 g/mol. The second-order valence-corrected chi connectivity index (χ2v) is 6.98. The molecule has 1 unspecified atom stereocenters. The Morgan fingerprint density at radius 1 is 1.23 bits per heavy atom. The summed E-state index contributed by atoms with van der Waals surface area (Å²) in [6.45, 7) is 3.11. The van der Waals surface area contributed by atoms with Crippen molar-refractivity contribution in [2.75, 3.05) is 6.54 Å². The van der Waals surface area contributed by atoms with E-state index < -0.39 is 50.8 Å². The summed E-state index contributed by atoms with van der Waals surface area (Å²) in [5, 5.41) is 9.01. The second-order valence-electron chi connectivity index (χ2n) is 5.22. The van der Waals surface area contributed by atoms with Gasteiger partial charge in [0.05, 0.1) is 10.8 Å². The molecule has 0 aromatic heterocycles. The maximum absolute atomic E-state index is 13.1. The normalized spacial score (nSPS) is 13.4. The number of rotatable bonds is 7. The Morgan fingerprint density at radius 3 is 2.14 bits per heavy atom. The van der Waals surface area contributed by atoms with E-state index in [0.29, 0.717) is 12.1 Å². The van der Waals surface area contributed by atoms with Crippen LogP contribution in [0.4, 0.5) is 13.2 Å². The van der Waals surface area contributed by atoms with E-state index in [0.717, 1.165) is 0 Å². The lowest BCUT2D eigenvalue weighted by atomic mass is 9.98. The summed E-state index contributed by atoms with van der Waals surface area (Å²) in [4.78, 5) is 10.2. The lowest BCUT2D eigenvalue weighted by Gasteiger charge is -2.15. The van der Waals surface area contributed by atoms with Gasteiger partial charge in [-0.2, -0.15) is 0 Å². The van der Waals surface area contributed by atoms with Gasteiger partial charge in [0.25, 0.3) is 0 Å². The topological polar surface area (TPSA) is 83.5 Å². The predicted molar refractivity (Wildman–Crippen MR) is 72.1 cm³/mol. The number of benzene rings is 1. The molecule has 0 aliphatic heterocycles. The van der Waals surface area contributed by atoms with Crippen LogP contribution in [0.5, 0.6) is 0 Å². The summed E-state index contributed by atoms with van der Waals surface area (Å²) in [5.41, 5.74) is 0. The average Bonchev–Trinajstić information content (AvgIpc) is 2.39. The molecule has 2 N–H and O–H groups in total. The van der Waals surface area contributed by atoms with Crippen LogP contribution < -0.4 is 4.72 Å². The molecule has 1 rings (SSSR count). The van der Waals surface area contributed by atoms with E-state index in [2.05, 4.69) is 0 Å². The van der Waals surface area contributed by atoms with Gasteiger partial charge < -0.3 is 5.11 Å². The fourth-order valence-corrected chi connectivity index (χ4v) is 2.93. The third kappa shape index (κ3) is 4.70. The molecule has 9 heteroatoms. The molecule has 5 nitrogen and oxygen atoms in total. The highest BCUT2D eigenvalue weighted by Crippen LogP contribution is 2.18. The van der Waals surface area contributed by atoms with Crippen molar-refractivity contribution < 1.29 is 31.5 Å². The number of aliphatic carboxylic acids is 1. The largest absolute Gasteiger partial charge is 0.481 e. The van der Waals surface area contributed by atoms with Gasteiger partial charge in [-0.3, -0.25) is 4.79 Å². The van der Waals surface area contributed by atoms with Gasteiger partial charge in [-0.25, -0.2) is 26.3 Å².